The summed E-state index contributed by atoms with van der Waals surface area (Å²) >= 11 is 0. The Morgan fingerprint density at radius 3 is 2.63 bits per heavy atom. The Bertz CT molecular complexity index is 840. The summed E-state index contributed by atoms with van der Waals surface area (Å²) in [7, 11) is 0. The second kappa shape index (κ2) is 6.12. The zero-order chi connectivity index (χ0) is 19.5. The highest BCUT2D eigenvalue weighted by atomic mass is 19.1. The van der Waals surface area contributed by atoms with Gasteiger partial charge in [-0.3, -0.25) is 24.6 Å². The number of rotatable bonds is 4. The fourth-order valence-electron chi connectivity index (χ4n) is 4.88. The van der Waals surface area contributed by atoms with E-state index in [1.807, 2.05) is 20.8 Å². The summed E-state index contributed by atoms with van der Waals surface area (Å²) in [4.78, 5) is 40.7. The summed E-state index contributed by atoms with van der Waals surface area (Å²) in [5.74, 6) is -2.85. The number of fused-ring (bicyclic) bond motifs is 4. The van der Waals surface area contributed by atoms with Gasteiger partial charge in [0.05, 0.1) is 11.8 Å². The molecule has 1 spiro atoms. The summed E-state index contributed by atoms with van der Waals surface area (Å²) in [6.45, 7) is 6.27. The Labute approximate surface area is 157 Å². The predicted octanol–water partition coefficient (Wildman–Crippen LogP) is 2.00. The first-order valence-electron chi connectivity index (χ1n) is 9.57. The van der Waals surface area contributed by atoms with E-state index in [-0.39, 0.29) is 29.7 Å². The van der Waals surface area contributed by atoms with E-state index in [1.54, 1.807) is 0 Å². The number of likely N-dealkylation sites (tertiary alicyclic amines) is 1. The molecule has 0 unspecified atom stereocenters. The van der Waals surface area contributed by atoms with Gasteiger partial charge in [0.2, 0.25) is 17.7 Å². The molecule has 2 saturated heterocycles. The van der Waals surface area contributed by atoms with Crippen molar-refractivity contribution >= 4 is 23.4 Å². The van der Waals surface area contributed by atoms with E-state index in [2.05, 4.69) is 10.6 Å². The molecule has 3 amide bonds. The van der Waals surface area contributed by atoms with E-state index in [9.17, 15) is 18.8 Å². The Kier molecular flexibility index (Phi) is 4.10. The largest absolute Gasteiger partial charge is 0.324 e. The number of carbonyl (C=O) groups is 3. The molecule has 0 aliphatic carbocycles. The van der Waals surface area contributed by atoms with Crippen LogP contribution in [0.1, 0.15) is 39.2 Å². The zero-order valence-electron chi connectivity index (χ0n) is 15.7. The van der Waals surface area contributed by atoms with Gasteiger partial charge in [-0.05, 0) is 30.5 Å². The first-order valence-corrected chi connectivity index (χ1v) is 9.57. The van der Waals surface area contributed by atoms with Gasteiger partial charge >= 0.3 is 0 Å². The Morgan fingerprint density at radius 2 is 1.96 bits per heavy atom. The summed E-state index contributed by atoms with van der Waals surface area (Å²) < 4.78 is 14.0. The van der Waals surface area contributed by atoms with Gasteiger partial charge in [-0.2, -0.15) is 0 Å². The molecule has 2 N–H and O–H groups in total. The summed E-state index contributed by atoms with van der Waals surface area (Å²) in [5, 5.41) is 6.06. The van der Waals surface area contributed by atoms with Crippen LogP contribution in [0.3, 0.4) is 0 Å². The molecule has 3 aliphatic rings. The van der Waals surface area contributed by atoms with Gasteiger partial charge in [-0.25, -0.2) is 4.39 Å². The van der Waals surface area contributed by atoms with Crippen molar-refractivity contribution in [3.05, 3.63) is 29.6 Å². The fourth-order valence-corrected chi connectivity index (χ4v) is 4.88. The van der Waals surface area contributed by atoms with Crippen LogP contribution < -0.4 is 10.6 Å². The van der Waals surface area contributed by atoms with Crippen molar-refractivity contribution in [3.63, 3.8) is 0 Å². The number of unbranched alkanes of at least 4 members (excludes halogenated alkanes) is 1. The lowest BCUT2D eigenvalue weighted by Gasteiger charge is -2.30. The molecular formula is C20H24FN3O3. The third kappa shape index (κ3) is 2.30. The number of imide groups is 1. The summed E-state index contributed by atoms with van der Waals surface area (Å²) in [6.07, 6.45) is 1.58. The van der Waals surface area contributed by atoms with Crippen molar-refractivity contribution in [2.45, 2.75) is 45.2 Å². The molecule has 0 aromatic heterocycles. The van der Waals surface area contributed by atoms with Crippen LogP contribution >= 0.6 is 0 Å². The summed E-state index contributed by atoms with van der Waals surface area (Å²) in [6, 6.07) is 3.75. The van der Waals surface area contributed by atoms with Crippen LogP contribution in [0.2, 0.25) is 0 Å². The molecule has 6 nitrogen and oxygen atoms in total. The number of nitrogens with zero attached hydrogens (tertiary/aromatic N) is 1. The number of anilines is 1. The molecule has 27 heavy (non-hydrogen) atoms. The lowest BCUT2D eigenvalue weighted by Crippen LogP contribution is -2.54. The minimum absolute atomic E-state index is 0.0326. The molecule has 0 saturated carbocycles. The number of hydrogen-bond acceptors (Lipinski definition) is 4. The third-order valence-electron chi connectivity index (χ3n) is 6.16. The molecule has 144 valence electrons. The van der Waals surface area contributed by atoms with Crippen LogP contribution in [0.4, 0.5) is 10.1 Å². The lowest BCUT2D eigenvalue weighted by molar-refractivity contribution is -0.143. The zero-order valence-corrected chi connectivity index (χ0v) is 15.7. The number of nitrogens with one attached hydrogen (secondary N) is 2. The maximum Gasteiger partial charge on any atom is 0.250 e. The van der Waals surface area contributed by atoms with Crippen molar-refractivity contribution in [1.29, 1.82) is 0 Å². The van der Waals surface area contributed by atoms with E-state index in [4.69, 9.17) is 0 Å². The van der Waals surface area contributed by atoms with Crippen molar-refractivity contribution < 1.29 is 18.8 Å². The standard InChI is InChI=1S/C20H24FN3O3/c1-4-5-8-24-17(25)14-15(18(24)26)20(23-16(14)10(2)3)12-9-11(21)6-7-13(12)22-19(20)27/h6-7,9-10,14-16,23H,4-5,8H2,1-3H3,(H,22,27)/t14-,15-,16-,20-/m0/s1. The second-order valence-corrected chi connectivity index (χ2v) is 8.05. The van der Waals surface area contributed by atoms with Crippen LogP contribution in [-0.4, -0.2) is 35.2 Å². The fraction of sp³-hybridized carbons (Fsp3) is 0.550. The van der Waals surface area contributed by atoms with Gasteiger partial charge in [-0.1, -0.05) is 27.2 Å². The molecule has 4 atom stereocenters. The number of benzene rings is 1. The molecular weight excluding hydrogens is 349 g/mol. The van der Waals surface area contributed by atoms with Crippen molar-refractivity contribution in [1.82, 2.24) is 10.2 Å². The molecule has 1 aromatic rings. The van der Waals surface area contributed by atoms with E-state index >= 15 is 0 Å². The normalized spacial score (nSPS) is 31.8. The molecule has 3 heterocycles. The molecule has 1 aromatic carbocycles. The van der Waals surface area contributed by atoms with Crippen LogP contribution in [-0.2, 0) is 19.9 Å². The van der Waals surface area contributed by atoms with E-state index in [1.165, 1.54) is 23.1 Å². The van der Waals surface area contributed by atoms with Crippen LogP contribution in [0.25, 0.3) is 0 Å². The van der Waals surface area contributed by atoms with E-state index in [0.29, 0.717) is 17.8 Å². The van der Waals surface area contributed by atoms with Gasteiger partial charge in [0.1, 0.15) is 11.4 Å². The second-order valence-electron chi connectivity index (χ2n) is 8.05. The Balaban J connectivity index is 1.86. The van der Waals surface area contributed by atoms with E-state index < -0.39 is 23.2 Å². The lowest BCUT2D eigenvalue weighted by atomic mass is 9.76. The highest BCUT2D eigenvalue weighted by Crippen LogP contribution is 2.53. The first kappa shape index (κ1) is 18.1. The smallest absolute Gasteiger partial charge is 0.250 e. The average Bonchev–Trinajstić information content (AvgIpc) is 3.20. The number of carbonyl (C=O) groups excluding carboxylic acids is 3. The van der Waals surface area contributed by atoms with Crippen LogP contribution in [0.5, 0.6) is 0 Å². The minimum Gasteiger partial charge on any atom is -0.324 e. The number of halogens is 1. The van der Waals surface area contributed by atoms with Crippen molar-refractivity contribution in [3.8, 4) is 0 Å². The number of hydrogen-bond donors (Lipinski definition) is 2. The molecule has 0 bridgehead atoms. The van der Waals surface area contributed by atoms with Gasteiger partial charge in [0.15, 0.2) is 0 Å². The Hall–Kier alpha value is -2.28. The highest BCUT2D eigenvalue weighted by Gasteiger charge is 2.70. The van der Waals surface area contributed by atoms with E-state index in [0.717, 1.165) is 12.8 Å². The van der Waals surface area contributed by atoms with Crippen molar-refractivity contribution in [2.75, 3.05) is 11.9 Å². The summed E-state index contributed by atoms with van der Waals surface area (Å²) in [5.41, 5.74) is -0.487. The number of amides is 3. The van der Waals surface area contributed by atoms with Gasteiger partial charge in [0.25, 0.3) is 0 Å². The van der Waals surface area contributed by atoms with Crippen LogP contribution in [0, 0.1) is 23.6 Å². The van der Waals surface area contributed by atoms with Gasteiger partial charge < -0.3 is 5.32 Å². The van der Waals surface area contributed by atoms with Gasteiger partial charge in [-0.15, -0.1) is 0 Å². The third-order valence-corrected chi connectivity index (χ3v) is 6.16. The highest BCUT2D eigenvalue weighted by molar-refractivity contribution is 6.15. The van der Waals surface area contributed by atoms with Crippen LogP contribution in [0.15, 0.2) is 18.2 Å². The van der Waals surface area contributed by atoms with Gasteiger partial charge in [0, 0.05) is 23.8 Å². The Morgan fingerprint density at radius 1 is 1.22 bits per heavy atom. The maximum atomic E-state index is 14.0. The minimum atomic E-state index is -1.40. The molecule has 2 fully saturated rings. The predicted molar refractivity (Wildman–Crippen MR) is 97.1 cm³/mol. The molecule has 4 rings (SSSR count). The SMILES string of the molecule is CCCCN1C(=O)[C@H]2[C@@H](C1=O)[C@]1(N[C@H]2C(C)C)C(=O)Nc2ccc(F)cc21. The molecule has 3 aliphatic heterocycles. The quantitative estimate of drug-likeness (QED) is 0.792. The average molecular weight is 373 g/mol. The topological polar surface area (TPSA) is 78.5 Å². The monoisotopic (exact) mass is 373 g/mol. The maximum absolute atomic E-state index is 14.0. The first-order chi connectivity index (χ1) is 12.8. The molecule has 7 heteroatoms. The van der Waals surface area contributed by atoms with Crippen molar-refractivity contribution in [2.24, 2.45) is 17.8 Å². The molecule has 0 radical (unpaired) electrons.